The Labute approximate surface area is 170 Å². The van der Waals surface area contributed by atoms with E-state index < -0.39 is 17.8 Å². The third kappa shape index (κ3) is 3.26. The predicted molar refractivity (Wildman–Crippen MR) is 102 cm³/mol. The van der Waals surface area contributed by atoms with Crippen LogP contribution in [0.25, 0.3) is 17.1 Å². The largest absolute Gasteiger partial charge is 0.463 e. The fraction of sp³-hybridized carbons (Fsp3) is 0.476. The monoisotopic (exact) mass is 418 g/mol. The van der Waals surface area contributed by atoms with Gasteiger partial charge in [0, 0.05) is 12.1 Å². The van der Waals surface area contributed by atoms with Gasteiger partial charge >= 0.3 is 6.18 Å². The third-order valence-electron chi connectivity index (χ3n) is 6.52. The zero-order valence-electron chi connectivity index (χ0n) is 16.3. The van der Waals surface area contributed by atoms with Crippen molar-refractivity contribution in [2.75, 3.05) is 0 Å². The van der Waals surface area contributed by atoms with Crippen molar-refractivity contribution in [1.82, 2.24) is 19.9 Å². The second-order valence-electron chi connectivity index (χ2n) is 8.40. The number of nitrogens with one attached hydrogen (secondary N) is 1. The number of hydrogen-bond acceptors (Lipinski definition) is 4. The fourth-order valence-electron chi connectivity index (χ4n) is 5.13. The molecule has 0 unspecified atom stereocenters. The molecule has 1 amide bonds. The maximum atomic E-state index is 13.6. The molecule has 0 spiro atoms. The summed E-state index contributed by atoms with van der Waals surface area (Å²) >= 11 is 0. The van der Waals surface area contributed by atoms with Crippen LogP contribution in [0.2, 0.25) is 0 Å². The van der Waals surface area contributed by atoms with Gasteiger partial charge in [-0.05, 0) is 62.1 Å². The highest BCUT2D eigenvalue weighted by atomic mass is 19.4. The lowest BCUT2D eigenvalue weighted by molar-refractivity contribution is -0.142. The number of fused-ring (bicyclic) bond motifs is 3. The number of hydrogen-bond donors (Lipinski definition) is 1. The second kappa shape index (κ2) is 6.85. The van der Waals surface area contributed by atoms with E-state index in [2.05, 4.69) is 15.4 Å². The van der Waals surface area contributed by atoms with Crippen LogP contribution in [-0.2, 0) is 6.18 Å². The first-order valence-corrected chi connectivity index (χ1v) is 10.1. The standard InChI is InChI=1S/C21H21F3N4O2/c1-11(14-8-12-4-5-13(14)7-12)25-20(29)16-10-19-26-15(17-3-2-6-30-17)9-18(21(22,23)24)28(19)27-16/h2-3,6,9-14H,4-5,7-8H2,1H3,(H,25,29)/t11-,12-,13-,14+/m0/s1. The van der Waals surface area contributed by atoms with Gasteiger partial charge in [0.05, 0.1) is 6.26 Å². The molecule has 2 aliphatic carbocycles. The number of furan rings is 1. The van der Waals surface area contributed by atoms with Crippen LogP contribution in [-0.4, -0.2) is 26.5 Å². The van der Waals surface area contributed by atoms with Gasteiger partial charge in [0.15, 0.2) is 22.8 Å². The maximum absolute atomic E-state index is 13.6. The molecule has 3 aromatic rings. The van der Waals surface area contributed by atoms with Crippen molar-refractivity contribution in [2.24, 2.45) is 17.8 Å². The van der Waals surface area contributed by atoms with Crippen LogP contribution in [0.15, 0.2) is 34.9 Å². The van der Waals surface area contributed by atoms with E-state index in [0.717, 1.165) is 18.4 Å². The molecule has 30 heavy (non-hydrogen) atoms. The lowest BCUT2D eigenvalue weighted by Crippen LogP contribution is -2.40. The molecule has 0 aromatic carbocycles. The summed E-state index contributed by atoms with van der Waals surface area (Å²) in [4.78, 5) is 17.0. The third-order valence-corrected chi connectivity index (χ3v) is 6.52. The Morgan fingerprint density at radius 2 is 2.13 bits per heavy atom. The van der Waals surface area contributed by atoms with E-state index in [1.165, 1.54) is 37.7 Å². The second-order valence-corrected chi connectivity index (χ2v) is 8.40. The van der Waals surface area contributed by atoms with Crippen LogP contribution in [0.1, 0.15) is 48.8 Å². The molecule has 2 bridgehead atoms. The molecular weight excluding hydrogens is 397 g/mol. The van der Waals surface area contributed by atoms with Gasteiger partial charge in [0.25, 0.3) is 5.91 Å². The van der Waals surface area contributed by atoms with Gasteiger partial charge in [0.2, 0.25) is 0 Å². The van der Waals surface area contributed by atoms with E-state index in [-0.39, 0.29) is 28.8 Å². The van der Waals surface area contributed by atoms with Crippen molar-refractivity contribution < 1.29 is 22.4 Å². The molecular formula is C21H21F3N4O2. The molecule has 3 aromatic heterocycles. The normalized spacial score (nSPS) is 24.5. The maximum Gasteiger partial charge on any atom is 0.433 e. The van der Waals surface area contributed by atoms with Gasteiger partial charge in [-0.1, -0.05) is 6.42 Å². The molecule has 2 saturated carbocycles. The Morgan fingerprint density at radius 3 is 2.77 bits per heavy atom. The molecule has 6 nitrogen and oxygen atoms in total. The number of rotatable bonds is 4. The molecule has 3 heterocycles. The molecule has 2 aliphatic rings. The first-order valence-electron chi connectivity index (χ1n) is 10.1. The fourth-order valence-corrected chi connectivity index (χ4v) is 5.13. The van der Waals surface area contributed by atoms with Crippen molar-refractivity contribution in [1.29, 1.82) is 0 Å². The Bertz CT molecular complexity index is 1090. The van der Waals surface area contributed by atoms with Crippen LogP contribution < -0.4 is 5.32 Å². The molecule has 0 radical (unpaired) electrons. The van der Waals surface area contributed by atoms with Gasteiger partial charge < -0.3 is 9.73 Å². The Morgan fingerprint density at radius 1 is 1.30 bits per heavy atom. The number of amides is 1. The van der Waals surface area contributed by atoms with E-state index in [1.807, 2.05) is 6.92 Å². The minimum atomic E-state index is -4.67. The van der Waals surface area contributed by atoms with E-state index in [1.54, 1.807) is 6.07 Å². The number of carbonyl (C=O) groups excluding carboxylic acids is 1. The topological polar surface area (TPSA) is 72.4 Å². The van der Waals surface area contributed by atoms with Crippen molar-refractivity contribution in [2.45, 2.75) is 44.8 Å². The predicted octanol–water partition coefficient (Wildman–Crippen LogP) is 4.56. The highest BCUT2D eigenvalue weighted by molar-refractivity contribution is 5.93. The van der Waals surface area contributed by atoms with Crippen LogP contribution in [0.5, 0.6) is 0 Å². The number of nitrogens with zero attached hydrogens (tertiary/aromatic N) is 3. The molecule has 2 fully saturated rings. The van der Waals surface area contributed by atoms with Gasteiger partial charge in [-0.3, -0.25) is 4.79 Å². The Kier molecular flexibility index (Phi) is 4.37. The van der Waals surface area contributed by atoms with Gasteiger partial charge in [-0.25, -0.2) is 9.50 Å². The Balaban J connectivity index is 1.45. The van der Waals surface area contributed by atoms with E-state index in [9.17, 15) is 18.0 Å². The summed E-state index contributed by atoms with van der Waals surface area (Å²) in [5.41, 5.74) is -1.13. The van der Waals surface area contributed by atoms with Gasteiger partial charge in [0.1, 0.15) is 5.69 Å². The summed E-state index contributed by atoms with van der Waals surface area (Å²) in [5, 5.41) is 6.86. The van der Waals surface area contributed by atoms with Crippen molar-refractivity contribution in [3.05, 3.63) is 41.9 Å². The summed E-state index contributed by atoms with van der Waals surface area (Å²) in [6.45, 7) is 1.97. The molecule has 1 N–H and O–H groups in total. The zero-order chi connectivity index (χ0) is 21.0. The van der Waals surface area contributed by atoms with Crippen molar-refractivity contribution in [3.8, 4) is 11.5 Å². The molecule has 5 rings (SSSR count). The number of halogens is 3. The van der Waals surface area contributed by atoms with Gasteiger partial charge in [-0.15, -0.1) is 0 Å². The smallest absolute Gasteiger partial charge is 0.433 e. The van der Waals surface area contributed by atoms with Gasteiger partial charge in [-0.2, -0.15) is 18.3 Å². The van der Waals surface area contributed by atoms with Crippen LogP contribution in [0.3, 0.4) is 0 Å². The quantitative estimate of drug-likeness (QED) is 0.674. The average molecular weight is 418 g/mol. The zero-order valence-corrected chi connectivity index (χ0v) is 16.3. The highest BCUT2D eigenvalue weighted by Crippen LogP contribution is 2.49. The summed E-state index contributed by atoms with van der Waals surface area (Å²) in [7, 11) is 0. The lowest BCUT2D eigenvalue weighted by atomic mass is 9.84. The van der Waals surface area contributed by atoms with E-state index >= 15 is 0 Å². The van der Waals surface area contributed by atoms with E-state index in [0.29, 0.717) is 16.4 Å². The summed E-state index contributed by atoms with van der Waals surface area (Å²) in [6.07, 6.45) is 1.47. The molecule has 4 atom stereocenters. The summed E-state index contributed by atoms with van der Waals surface area (Å²) < 4.78 is 46.7. The summed E-state index contributed by atoms with van der Waals surface area (Å²) in [6, 6.07) is 5.20. The van der Waals surface area contributed by atoms with Crippen LogP contribution >= 0.6 is 0 Å². The minimum Gasteiger partial charge on any atom is -0.463 e. The lowest BCUT2D eigenvalue weighted by Gasteiger charge is -2.28. The van der Waals surface area contributed by atoms with Crippen molar-refractivity contribution >= 4 is 11.6 Å². The van der Waals surface area contributed by atoms with Crippen molar-refractivity contribution in [3.63, 3.8) is 0 Å². The molecule has 9 heteroatoms. The minimum absolute atomic E-state index is 0.0297. The highest BCUT2D eigenvalue weighted by Gasteiger charge is 2.42. The average Bonchev–Trinajstić information content (AvgIpc) is 3.49. The SMILES string of the molecule is C[C@H](NC(=O)c1cc2nc(-c3ccco3)cc(C(F)(F)F)n2n1)[C@H]1C[C@H]2CC[C@H]1C2. The number of aromatic nitrogens is 3. The molecule has 0 aliphatic heterocycles. The summed E-state index contributed by atoms with van der Waals surface area (Å²) in [5.74, 6) is 1.51. The van der Waals surface area contributed by atoms with Crippen LogP contribution in [0.4, 0.5) is 13.2 Å². The molecule has 0 saturated heterocycles. The van der Waals surface area contributed by atoms with E-state index in [4.69, 9.17) is 4.42 Å². The first-order chi connectivity index (χ1) is 14.3. The Hall–Kier alpha value is -2.84. The first kappa shape index (κ1) is 19.1. The number of carbonyl (C=O) groups is 1. The molecule has 158 valence electrons. The van der Waals surface area contributed by atoms with Crippen LogP contribution in [0, 0.1) is 17.8 Å². The number of alkyl halides is 3.